The third-order valence-corrected chi connectivity index (χ3v) is 4.62. The van der Waals surface area contributed by atoms with Crippen molar-refractivity contribution in [2.75, 3.05) is 26.3 Å². The van der Waals surface area contributed by atoms with Gasteiger partial charge in [0.2, 0.25) is 0 Å². The van der Waals surface area contributed by atoms with Gasteiger partial charge in [0.05, 0.1) is 13.2 Å². The van der Waals surface area contributed by atoms with Crippen LogP contribution < -0.4 is 10.1 Å². The predicted molar refractivity (Wildman–Crippen MR) is 85.8 cm³/mol. The van der Waals surface area contributed by atoms with E-state index in [0.717, 1.165) is 50.8 Å². The molecule has 1 aromatic rings. The SMILES string of the molecule is O=C(OCCC1CCNCC1)c1cc(Cl)cc2c1OCCC2. The first-order valence-corrected chi connectivity index (χ1v) is 8.45. The molecule has 0 aromatic heterocycles. The van der Waals surface area contributed by atoms with E-state index in [1.54, 1.807) is 6.07 Å². The third kappa shape index (κ3) is 3.73. The van der Waals surface area contributed by atoms with Crippen LogP contribution in [0, 0.1) is 5.92 Å². The van der Waals surface area contributed by atoms with Gasteiger partial charge in [0, 0.05) is 5.02 Å². The number of aryl methyl sites for hydroxylation is 1. The smallest absolute Gasteiger partial charge is 0.341 e. The van der Waals surface area contributed by atoms with Crippen LogP contribution in [0.1, 0.15) is 41.6 Å². The molecule has 3 rings (SSSR count). The number of rotatable bonds is 4. The Bertz CT molecular complexity index is 541. The summed E-state index contributed by atoms with van der Waals surface area (Å²) in [6.45, 7) is 3.23. The van der Waals surface area contributed by atoms with Crippen molar-refractivity contribution in [3.63, 3.8) is 0 Å². The zero-order chi connectivity index (χ0) is 15.4. The van der Waals surface area contributed by atoms with E-state index in [2.05, 4.69) is 5.32 Å². The molecule has 1 N–H and O–H groups in total. The van der Waals surface area contributed by atoms with E-state index in [-0.39, 0.29) is 5.97 Å². The van der Waals surface area contributed by atoms with Crippen molar-refractivity contribution >= 4 is 17.6 Å². The van der Waals surface area contributed by atoms with Crippen molar-refractivity contribution in [3.05, 3.63) is 28.3 Å². The third-order valence-electron chi connectivity index (χ3n) is 4.41. The lowest BCUT2D eigenvalue weighted by Gasteiger charge is -2.23. The number of carbonyl (C=O) groups is 1. The Morgan fingerprint density at radius 3 is 3.00 bits per heavy atom. The number of benzene rings is 1. The van der Waals surface area contributed by atoms with Gasteiger partial charge in [0.25, 0.3) is 0 Å². The molecule has 2 aliphatic heterocycles. The molecule has 2 aliphatic rings. The Labute approximate surface area is 136 Å². The van der Waals surface area contributed by atoms with Gasteiger partial charge in [-0.05, 0) is 68.8 Å². The molecule has 0 aliphatic carbocycles. The maximum atomic E-state index is 12.3. The summed E-state index contributed by atoms with van der Waals surface area (Å²) in [7, 11) is 0. The van der Waals surface area contributed by atoms with Gasteiger partial charge in [-0.1, -0.05) is 11.6 Å². The first-order valence-electron chi connectivity index (χ1n) is 8.07. The Morgan fingerprint density at radius 1 is 1.36 bits per heavy atom. The summed E-state index contributed by atoms with van der Waals surface area (Å²) < 4.78 is 11.1. The monoisotopic (exact) mass is 323 g/mol. The summed E-state index contributed by atoms with van der Waals surface area (Å²) in [6.07, 6.45) is 5.10. The summed E-state index contributed by atoms with van der Waals surface area (Å²) in [5, 5.41) is 3.91. The number of piperidine rings is 1. The molecule has 22 heavy (non-hydrogen) atoms. The fraction of sp³-hybridized carbons (Fsp3) is 0.588. The lowest BCUT2D eigenvalue weighted by molar-refractivity contribution is 0.0471. The minimum absolute atomic E-state index is 0.324. The molecule has 1 aromatic carbocycles. The van der Waals surface area contributed by atoms with Gasteiger partial charge in [0.15, 0.2) is 0 Å². The predicted octanol–water partition coefficient (Wildman–Crippen LogP) is 3.21. The van der Waals surface area contributed by atoms with Crippen LogP contribution in [0.15, 0.2) is 12.1 Å². The van der Waals surface area contributed by atoms with E-state index in [4.69, 9.17) is 21.1 Å². The number of hydrogen-bond donors (Lipinski definition) is 1. The summed E-state index contributed by atoms with van der Waals surface area (Å²) >= 11 is 6.11. The number of ether oxygens (including phenoxy) is 2. The van der Waals surface area contributed by atoms with E-state index in [1.807, 2.05) is 6.07 Å². The number of nitrogens with one attached hydrogen (secondary N) is 1. The lowest BCUT2D eigenvalue weighted by atomic mass is 9.95. The van der Waals surface area contributed by atoms with Crippen LogP contribution in [-0.4, -0.2) is 32.3 Å². The second-order valence-electron chi connectivity index (χ2n) is 6.01. The largest absolute Gasteiger partial charge is 0.492 e. The highest BCUT2D eigenvalue weighted by Crippen LogP contribution is 2.32. The van der Waals surface area contributed by atoms with Crippen LogP contribution >= 0.6 is 11.6 Å². The number of fused-ring (bicyclic) bond motifs is 1. The van der Waals surface area contributed by atoms with Gasteiger partial charge in [0.1, 0.15) is 11.3 Å². The van der Waals surface area contributed by atoms with Crippen LogP contribution in [0.3, 0.4) is 0 Å². The molecular formula is C17H22ClNO3. The summed E-state index contributed by atoms with van der Waals surface area (Å²) in [5.74, 6) is 0.982. The minimum atomic E-state index is -0.324. The van der Waals surface area contributed by atoms with Crippen molar-refractivity contribution in [1.82, 2.24) is 5.32 Å². The molecule has 0 radical (unpaired) electrons. The van der Waals surface area contributed by atoms with E-state index in [1.165, 1.54) is 0 Å². The molecular weight excluding hydrogens is 302 g/mol. The Hall–Kier alpha value is -1.26. The van der Waals surface area contributed by atoms with E-state index in [9.17, 15) is 4.79 Å². The van der Waals surface area contributed by atoms with Gasteiger partial charge < -0.3 is 14.8 Å². The first-order chi connectivity index (χ1) is 10.7. The fourth-order valence-corrected chi connectivity index (χ4v) is 3.40. The zero-order valence-electron chi connectivity index (χ0n) is 12.7. The minimum Gasteiger partial charge on any atom is -0.492 e. The molecule has 120 valence electrons. The molecule has 4 nitrogen and oxygen atoms in total. The highest BCUT2D eigenvalue weighted by molar-refractivity contribution is 6.31. The molecule has 0 saturated carbocycles. The van der Waals surface area contributed by atoms with Crippen molar-refractivity contribution in [2.45, 2.75) is 32.1 Å². The second-order valence-corrected chi connectivity index (χ2v) is 6.45. The fourth-order valence-electron chi connectivity index (χ4n) is 3.16. The quantitative estimate of drug-likeness (QED) is 0.864. The maximum Gasteiger partial charge on any atom is 0.341 e. The molecule has 0 bridgehead atoms. The van der Waals surface area contributed by atoms with E-state index in [0.29, 0.717) is 35.5 Å². The first kappa shape index (κ1) is 15.6. The van der Waals surface area contributed by atoms with Crippen LogP contribution in [0.4, 0.5) is 0 Å². The van der Waals surface area contributed by atoms with Gasteiger partial charge in [-0.3, -0.25) is 0 Å². The molecule has 0 unspecified atom stereocenters. The average Bonchev–Trinajstić information content (AvgIpc) is 2.55. The average molecular weight is 324 g/mol. The summed E-state index contributed by atoms with van der Waals surface area (Å²) in [5.41, 5.74) is 1.47. The number of hydrogen-bond acceptors (Lipinski definition) is 4. The van der Waals surface area contributed by atoms with Crippen molar-refractivity contribution in [2.24, 2.45) is 5.92 Å². The van der Waals surface area contributed by atoms with Crippen molar-refractivity contribution in [3.8, 4) is 5.75 Å². The zero-order valence-corrected chi connectivity index (χ0v) is 13.5. The highest BCUT2D eigenvalue weighted by Gasteiger charge is 2.22. The van der Waals surface area contributed by atoms with Gasteiger partial charge in [-0.2, -0.15) is 0 Å². The van der Waals surface area contributed by atoms with Crippen LogP contribution in [0.25, 0.3) is 0 Å². The van der Waals surface area contributed by atoms with Crippen LogP contribution in [0.2, 0.25) is 5.02 Å². The normalized spacial score (nSPS) is 18.4. The van der Waals surface area contributed by atoms with Crippen LogP contribution in [-0.2, 0) is 11.2 Å². The molecule has 2 heterocycles. The lowest BCUT2D eigenvalue weighted by Crippen LogP contribution is -2.28. The topological polar surface area (TPSA) is 47.6 Å². The van der Waals surface area contributed by atoms with Gasteiger partial charge in [-0.25, -0.2) is 4.79 Å². The summed E-state index contributed by atoms with van der Waals surface area (Å²) in [6, 6.07) is 3.53. The molecule has 1 fully saturated rings. The number of carbonyl (C=O) groups excluding carboxylic acids is 1. The second kappa shape index (κ2) is 7.34. The molecule has 0 amide bonds. The van der Waals surface area contributed by atoms with E-state index < -0.39 is 0 Å². The Balaban J connectivity index is 1.61. The van der Waals surface area contributed by atoms with Crippen molar-refractivity contribution in [1.29, 1.82) is 0 Å². The molecule has 5 heteroatoms. The number of esters is 1. The van der Waals surface area contributed by atoms with Gasteiger partial charge in [-0.15, -0.1) is 0 Å². The number of halogens is 1. The van der Waals surface area contributed by atoms with E-state index >= 15 is 0 Å². The standard InChI is InChI=1S/C17H22ClNO3/c18-14-10-13-2-1-8-21-16(13)15(11-14)17(20)22-9-5-12-3-6-19-7-4-12/h10-12,19H,1-9H2. The summed E-state index contributed by atoms with van der Waals surface area (Å²) in [4.78, 5) is 12.3. The maximum absolute atomic E-state index is 12.3. The highest BCUT2D eigenvalue weighted by atomic mass is 35.5. The van der Waals surface area contributed by atoms with Crippen molar-refractivity contribution < 1.29 is 14.3 Å². The van der Waals surface area contributed by atoms with Crippen LogP contribution in [0.5, 0.6) is 5.75 Å². The molecule has 0 atom stereocenters. The Kier molecular flexibility index (Phi) is 5.21. The molecule has 1 saturated heterocycles. The molecule has 0 spiro atoms. The van der Waals surface area contributed by atoms with Gasteiger partial charge >= 0.3 is 5.97 Å². The Morgan fingerprint density at radius 2 is 2.18 bits per heavy atom.